The smallest absolute Gasteiger partial charge is 0.160 e. The number of carbonyl (C=O) groups excluding carboxylic acids is 1. The van der Waals surface area contributed by atoms with Gasteiger partial charge in [-0.3, -0.25) is 4.79 Å². The summed E-state index contributed by atoms with van der Waals surface area (Å²) in [6.45, 7) is 6.33. The highest BCUT2D eigenvalue weighted by Crippen LogP contribution is 2.49. The quantitative estimate of drug-likeness (QED) is 0.335. The Bertz CT molecular complexity index is 1220. The molecule has 1 atom stereocenters. The standard InChI is InChI=1S/C26H25Br2NO2/c1-14(16-10-19(27)25(31)20(28)11-16)23-18(12-26(2,3)13-22(23)30)24-17-7-5-4-6-15(17)8-9-21(24)29/h4-11,14,31H,12-13,29H2,1-3H3/t14-/m1/s1. The number of ketones is 1. The third kappa shape index (κ3) is 4.06. The second kappa shape index (κ2) is 8.10. The first-order valence-corrected chi connectivity index (χ1v) is 11.9. The summed E-state index contributed by atoms with van der Waals surface area (Å²) in [5.41, 5.74) is 10.8. The van der Waals surface area contributed by atoms with Gasteiger partial charge in [-0.2, -0.15) is 0 Å². The fraction of sp³-hybridized carbons (Fsp3) is 0.269. The Morgan fingerprint density at radius 1 is 1.03 bits per heavy atom. The molecule has 3 nitrogen and oxygen atoms in total. The molecule has 3 aromatic carbocycles. The number of carbonyl (C=O) groups is 1. The van der Waals surface area contributed by atoms with Gasteiger partial charge in [0.1, 0.15) is 5.75 Å². The van der Waals surface area contributed by atoms with Crippen molar-refractivity contribution in [2.24, 2.45) is 5.41 Å². The number of rotatable bonds is 3. The van der Waals surface area contributed by atoms with Gasteiger partial charge in [0.15, 0.2) is 5.78 Å². The van der Waals surface area contributed by atoms with E-state index in [1.165, 1.54) is 0 Å². The molecular weight excluding hydrogens is 518 g/mol. The van der Waals surface area contributed by atoms with E-state index in [0.717, 1.165) is 39.5 Å². The average Bonchev–Trinajstić information content (AvgIpc) is 2.70. The van der Waals surface area contributed by atoms with Crippen molar-refractivity contribution in [1.82, 2.24) is 0 Å². The Labute approximate surface area is 199 Å². The fourth-order valence-electron chi connectivity index (χ4n) is 4.69. The molecule has 0 radical (unpaired) electrons. The van der Waals surface area contributed by atoms with Crippen molar-refractivity contribution in [2.45, 2.75) is 39.5 Å². The van der Waals surface area contributed by atoms with Gasteiger partial charge in [-0.1, -0.05) is 51.1 Å². The fourth-order valence-corrected chi connectivity index (χ4v) is 5.91. The first-order chi connectivity index (χ1) is 14.6. The minimum atomic E-state index is -0.148. The Hall–Kier alpha value is -2.11. The third-order valence-corrected chi connectivity index (χ3v) is 7.36. The van der Waals surface area contributed by atoms with Crippen LogP contribution in [0.25, 0.3) is 16.3 Å². The molecule has 0 fully saturated rings. The zero-order chi connectivity index (χ0) is 22.5. The van der Waals surface area contributed by atoms with Crippen molar-refractivity contribution in [2.75, 3.05) is 5.73 Å². The lowest BCUT2D eigenvalue weighted by Crippen LogP contribution is -2.27. The average molecular weight is 543 g/mol. The monoisotopic (exact) mass is 541 g/mol. The molecule has 0 saturated carbocycles. The summed E-state index contributed by atoms with van der Waals surface area (Å²) >= 11 is 6.85. The maximum absolute atomic E-state index is 13.5. The Morgan fingerprint density at radius 2 is 1.68 bits per heavy atom. The molecule has 0 aliphatic heterocycles. The molecule has 31 heavy (non-hydrogen) atoms. The number of allylic oxidation sites excluding steroid dienone is 2. The SMILES string of the molecule is C[C@@H](C1=C(c2c(N)ccc3ccccc23)CC(C)(C)CC1=O)c1cc(Br)c(O)c(Br)c1. The highest BCUT2D eigenvalue weighted by Gasteiger charge is 2.37. The number of phenolic OH excluding ortho intramolecular Hbond substituents is 1. The van der Waals surface area contributed by atoms with Crippen LogP contribution in [0, 0.1) is 5.41 Å². The minimum Gasteiger partial charge on any atom is -0.506 e. The number of benzene rings is 3. The Morgan fingerprint density at radius 3 is 2.35 bits per heavy atom. The van der Waals surface area contributed by atoms with Crippen molar-refractivity contribution in [3.8, 4) is 5.75 Å². The molecule has 0 unspecified atom stereocenters. The van der Waals surface area contributed by atoms with Gasteiger partial charge in [-0.05, 0) is 83.8 Å². The van der Waals surface area contributed by atoms with E-state index in [-0.39, 0.29) is 22.9 Å². The number of anilines is 1. The van der Waals surface area contributed by atoms with Crippen molar-refractivity contribution in [3.05, 3.63) is 74.2 Å². The Balaban J connectivity index is 2.01. The summed E-state index contributed by atoms with van der Waals surface area (Å²) in [6, 6.07) is 15.9. The molecule has 5 heteroatoms. The van der Waals surface area contributed by atoms with E-state index in [9.17, 15) is 9.90 Å². The third-order valence-electron chi connectivity index (χ3n) is 6.16. The van der Waals surface area contributed by atoms with Crippen LogP contribution in [0.1, 0.15) is 50.7 Å². The number of nitrogens with two attached hydrogens (primary N) is 1. The number of nitrogen functional groups attached to an aromatic ring is 1. The second-order valence-corrected chi connectivity index (χ2v) is 10.8. The lowest BCUT2D eigenvalue weighted by atomic mass is 9.68. The van der Waals surface area contributed by atoms with E-state index >= 15 is 0 Å². The van der Waals surface area contributed by atoms with Crippen molar-refractivity contribution >= 4 is 59.7 Å². The first kappa shape index (κ1) is 22.1. The number of aromatic hydroxyl groups is 1. The van der Waals surface area contributed by atoms with Crippen LogP contribution >= 0.6 is 31.9 Å². The van der Waals surface area contributed by atoms with E-state index in [1.807, 2.05) is 36.4 Å². The van der Waals surface area contributed by atoms with E-state index in [0.29, 0.717) is 21.1 Å². The normalized spacial score (nSPS) is 17.3. The summed E-state index contributed by atoms with van der Waals surface area (Å²) in [4.78, 5) is 13.5. The number of hydrogen-bond acceptors (Lipinski definition) is 3. The summed E-state index contributed by atoms with van der Waals surface area (Å²) in [6.07, 6.45) is 1.28. The number of phenols is 1. The molecule has 3 N–H and O–H groups in total. The first-order valence-electron chi connectivity index (χ1n) is 10.3. The van der Waals surface area contributed by atoms with Gasteiger partial charge in [0, 0.05) is 29.2 Å². The summed E-state index contributed by atoms with van der Waals surface area (Å²) in [7, 11) is 0. The highest BCUT2D eigenvalue weighted by atomic mass is 79.9. The van der Waals surface area contributed by atoms with Crippen LogP contribution in [0.2, 0.25) is 0 Å². The van der Waals surface area contributed by atoms with Gasteiger partial charge in [-0.15, -0.1) is 0 Å². The second-order valence-electron chi connectivity index (χ2n) is 9.14. The van der Waals surface area contributed by atoms with Crippen molar-refractivity contribution in [3.63, 3.8) is 0 Å². The summed E-state index contributed by atoms with van der Waals surface area (Å²) < 4.78 is 1.19. The number of hydrogen-bond donors (Lipinski definition) is 2. The zero-order valence-corrected chi connectivity index (χ0v) is 21.0. The Kier molecular flexibility index (Phi) is 5.78. The van der Waals surface area contributed by atoms with Gasteiger partial charge in [0.25, 0.3) is 0 Å². The molecule has 1 aliphatic rings. The number of halogens is 2. The molecule has 0 heterocycles. The van der Waals surface area contributed by atoms with E-state index < -0.39 is 0 Å². The van der Waals surface area contributed by atoms with Gasteiger partial charge in [0.2, 0.25) is 0 Å². The van der Waals surface area contributed by atoms with Crippen LogP contribution in [0.15, 0.2) is 63.0 Å². The van der Waals surface area contributed by atoms with E-state index in [2.05, 4.69) is 64.8 Å². The lowest BCUT2D eigenvalue weighted by molar-refractivity contribution is -0.118. The molecule has 0 saturated heterocycles. The molecule has 4 rings (SSSR count). The number of Topliss-reactive ketones (excluding diaryl/α,β-unsaturated/α-hetero) is 1. The van der Waals surface area contributed by atoms with Crippen LogP contribution in [-0.4, -0.2) is 10.9 Å². The van der Waals surface area contributed by atoms with Crippen LogP contribution in [0.4, 0.5) is 5.69 Å². The van der Waals surface area contributed by atoms with E-state index in [1.54, 1.807) is 0 Å². The molecule has 1 aliphatic carbocycles. The molecular formula is C26H25Br2NO2. The highest BCUT2D eigenvalue weighted by molar-refractivity contribution is 9.11. The largest absolute Gasteiger partial charge is 0.506 e. The summed E-state index contributed by atoms with van der Waals surface area (Å²) in [5.74, 6) is 0.163. The van der Waals surface area contributed by atoms with Gasteiger partial charge in [-0.25, -0.2) is 0 Å². The molecule has 0 amide bonds. The molecule has 0 spiro atoms. The molecule has 160 valence electrons. The predicted molar refractivity (Wildman–Crippen MR) is 135 cm³/mol. The maximum atomic E-state index is 13.5. The number of fused-ring (bicyclic) bond motifs is 1. The van der Waals surface area contributed by atoms with Gasteiger partial charge < -0.3 is 10.8 Å². The van der Waals surface area contributed by atoms with Gasteiger partial charge in [0.05, 0.1) is 8.95 Å². The van der Waals surface area contributed by atoms with E-state index in [4.69, 9.17) is 5.73 Å². The molecule has 3 aromatic rings. The van der Waals surface area contributed by atoms with Crippen LogP contribution < -0.4 is 5.73 Å². The van der Waals surface area contributed by atoms with Crippen molar-refractivity contribution < 1.29 is 9.90 Å². The van der Waals surface area contributed by atoms with Crippen molar-refractivity contribution in [1.29, 1.82) is 0 Å². The van der Waals surface area contributed by atoms with Crippen LogP contribution in [0.5, 0.6) is 5.75 Å². The maximum Gasteiger partial charge on any atom is 0.160 e. The lowest BCUT2D eigenvalue weighted by Gasteiger charge is -2.35. The van der Waals surface area contributed by atoms with Gasteiger partial charge >= 0.3 is 0 Å². The zero-order valence-electron chi connectivity index (χ0n) is 17.8. The minimum absolute atomic E-state index is 0.144. The van der Waals surface area contributed by atoms with Crippen LogP contribution in [-0.2, 0) is 4.79 Å². The molecule has 0 bridgehead atoms. The topological polar surface area (TPSA) is 63.3 Å². The van der Waals surface area contributed by atoms with Crippen LogP contribution in [0.3, 0.4) is 0 Å². The molecule has 0 aromatic heterocycles. The summed E-state index contributed by atoms with van der Waals surface area (Å²) in [5, 5.41) is 12.3. The predicted octanol–water partition coefficient (Wildman–Crippen LogP) is 7.60.